The molecular weight excluding hydrogens is 440 g/mol. The predicted molar refractivity (Wildman–Crippen MR) is 121 cm³/mol. The molecule has 0 bridgehead atoms. The number of nitriles is 1. The fourth-order valence-corrected chi connectivity index (χ4v) is 4.12. The molecule has 5 rings (SSSR count). The van der Waals surface area contributed by atoms with Gasteiger partial charge in [-0.3, -0.25) is 4.98 Å². The molecule has 1 fully saturated rings. The molecule has 0 amide bonds. The monoisotopic (exact) mass is 461 g/mol. The number of halogens is 2. The van der Waals surface area contributed by atoms with Gasteiger partial charge in [-0.15, -0.1) is 5.10 Å². The Bertz CT molecular complexity index is 1410. The van der Waals surface area contributed by atoms with Crippen molar-refractivity contribution in [2.75, 3.05) is 17.7 Å². The van der Waals surface area contributed by atoms with Crippen LogP contribution in [0.25, 0.3) is 10.9 Å². The van der Waals surface area contributed by atoms with E-state index in [0.717, 1.165) is 11.3 Å². The number of nitrogens with one attached hydrogen (secondary N) is 2. The lowest BCUT2D eigenvalue weighted by molar-refractivity contribution is 0.0593. The molecule has 0 saturated heterocycles. The molecule has 1 atom stereocenters. The third-order valence-corrected chi connectivity index (χ3v) is 6.20. The van der Waals surface area contributed by atoms with E-state index in [-0.39, 0.29) is 0 Å². The molecule has 2 N–H and O–H groups in total. The molecule has 1 aliphatic rings. The number of aryl methyl sites for hydroxylation is 1. The highest BCUT2D eigenvalue weighted by Gasteiger charge is 2.54. The molecule has 1 aromatic carbocycles. The zero-order chi connectivity index (χ0) is 23.9. The van der Waals surface area contributed by atoms with Crippen LogP contribution in [0.3, 0.4) is 0 Å². The van der Waals surface area contributed by atoms with E-state index < -0.39 is 18.0 Å². The van der Waals surface area contributed by atoms with Gasteiger partial charge in [0.05, 0.1) is 23.3 Å². The summed E-state index contributed by atoms with van der Waals surface area (Å²) in [4.78, 5) is 12.9. The number of fused-ring (bicyclic) bond motifs is 1. The molecule has 3 heterocycles. The minimum absolute atomic E-state index is 0.362. The third kappa shape index (κ3) is 3.57. The van der Waals surface area contributed by atoms with Gasteiger partial charge in [0, 0.05) is 35.6 Å². The van der Waals surface area contributed by atoms with Gasteiger partial charge in [-0.05, 0) is 38.0 Å². The minimum Gasteiger partial charge on any atom is -0.373 e. The van der Waals surface area contributed by atoms with Crippen LogP contribution in [-0.2, 0) is 5.54 Å². The molecule has 34 heavy (non-hydrogen) atoms. The van der Waals surface area contributed by atoms with Crippen molar-refractivity contribution in [3.8, 4) is 6.07 Å². The highest BCUT2D eigenvalue weighted by Crippen LogP contribution is 2.48. The van der Waals surface area contributed by atoms with E-state index in [1.807, 2.05) is 19.1 Å². The van der Waals surface area contributed by atoms with Gasteiger partial charge in [0.25, 0.3) is 6.43 Å². The summed E-state index contributed by atoms with van der Waals surface area (Å²) in [7, 11) is 1.74. The summed E-state index contributed by atoms with van der Waals surface area (Å²) in [6.45, 7) is 1.87. The molecular formula is C23H21F2N9. The fraction of sp³-hybridized carbons (Fsp3) is 0.304. The van der Waals surface area contributed by atoms with E-state index in [2.05, 4.69) is 42.0 Å². The van der Waals surface area contributed by atoms with Crippen LogP contribution in [-0.4, -0.2) is 43.4 Å². The normalized spacial score (nSPS) is 15.2. The highest BCUT2D eigenvalue weighted by atomic mass is 19.3. The van der Waals surface area contributed by atoms with Crippen LogP contribution >= 0.6 is 0 Å². The largest absolute Gasteiger partial charge is 0.373 e. The average molecular weight is 461 g/mol. The van der Waals surface area contributed by atoms with Crippen molar-refractivity contribution in [1.29, 1.82) is 5.26 Å². The maximum absolute atomic E-state index is 13.6. The minimum atomic E-state index is -2.52. The summed E-state index contributed by atoms with van der Waals surface area (Å²) >= 11 is 0. The molecule has 3 aromatic heterocycles. The van der Waals surface area contributed by atoms with Crippen molar-refractivity contribution in [2.24, 2.45) is 0 Å². The van der Waals surface area contributed by atoms with Crippen molar-refractivity contribution < 1.29 is 8.78 Å². The smallest absolute Gasteiger partial charge is 0.263 e. The quantitative estimate of drug-likeness (QED) is 0.427. The van der Waals surface area contributed by atoms with Crippen LogP contribution in [0.1, 0.15) is 41.4 Å². The Hall–Kier alpha value is -4.20. The first kappa shape index (κ1) is 21.6. The number of benzene rings is 1. The van der Waals surface area contributed by atoms with Crippen LogP contribution in [0.2, 0.25) is 0 Å². The molecule has 172 valence electrons. The Morgan fingerprint density at radius 1 is 1.21 bits per heavy atom. The number of nitrogens with zero attached hydrogens (tertiary/aromatic N) is 7. The second-order valence-corrected chi connectivity index (χ2v) is 8.25. The molecule has 0 unspecified atom stereocenters. The summed E-state index contributed by atoms with van der Waals surface area (Å²) in [5, 5.41) is 25.1. The molecule has 1 aliphatic carbocycles. The van der Waals surface area contributed by atoms with E-state index in [1.54, 1.807) is 31.6 Å². The number of rotatable bonds is 7. The van der Waals surface area contributed by atoms with Crippen LogP contribution in [0.5, 0.6) is 0 Å². The summed E-state index contributed by atoms with van der Waals surface area (Å²) in [6.07, 6.45) is 2.85. The lowest BCUT2D eigenvalue weighted by Gasteiger charge is -2.20. The van der Waals surface area contributed by atoms with Gasteiger partial charge < -0.3 is 10.6 Å². The molecule has 0 spiro atoms. The van der Waals surface area contributed by atoms with Gasteiger partial charge in [0.1, 0.15) is 29.4 Å². The molecule has 4 aromatic rings. The van der Waals surface area contributed by atoms with E-state index in [0.29, 0.717) is 46.5 Å². The Kier molecular flexibility index (Phi) is 5.28. The van der Waals surface area contributed by atoms with Crippen molar-refractivity contribution in [3.63, 3.8) is 0 Å². The van der Waals surface area contributed by atoms with E-state index in [1.165, 1.54) is 11.0 Å². The first-order chi connectivity index (χ1) is 16.5. The summed E-state index contributed by atoms with van der Waals surface area (Å²) < 4.78 is 28.6. The fourth-order valence-electron chi connectivity index (χ4n) is 4.12. The van der Waals surface area contributed by atoms with Gasteiger partial charge in [0.15, 0.2) is 0 Å². The Labute approximate surface area is 193 Å². The summed E-state index contributed by atoms with van der Waals surface area (Å²) in [5.41, 5.74) is 2.28. The molecule has 11 heteroatoms. The van der Waals surface area contributed by atoms with Crippen molar-refractivity contribution >= 4 is 22.4 Å². The van der Waals surface area contributed by atoms with Gasteiger partial charge in [-0.2, -0.15) is 5.26 Å². The van der Waals surface area contributed by atoms with Gasteiger partial charge in [-0.1, -0.05) is 11.3 Å². The predicted octanol–water partition coefficient (Wildman–Crippen LogP) is 3.79. The number of anilines is 2. The third-order valence-electron chi connectivity index (χ3n) is 6.20. The number of hydrogen-bond acceptors (Lipinski definition) is 8. The average Bonchev–Trinajstić information content (AvgIpc) is 3.52. The van der Waals surface area contributed by atoms with Crippen molar-refractivity contribution in [2.45, 2.75) is 37.8 Å². The molecule has 0 aliphatic heterocycles. The number of hydrogen-bond donors (Lipinski definition) is 2. The van der Waals surface area contributed by atoms with E-state index in [9.17, 15) is 14.0 Å². The number of alkyl halides is 2. The SMILES string of the molecule is CNc1ncnc2c(C#N)cc(N[C@@H](c3cn(C4(C(F)F)CC4)nn3)c3cccnc3C)cc12. The van der Waals surface area contributed by atoms with Crippen LogP contribution in [0.4, 0.5) is 20.3 Å². The number of aromatic nitrogens is 6. The second kappa shape index (κ2) is 8.30. The lowest BCUT2D eigenvalue weighted by Crippen LogP contribution is -2.26. The molecule has 9 nitrogen and oxygen atoms in total. The molecule has 0 radical (unpaired) electrons. The summed E-state index contributed by atoms with van der Waals surface area (Å²) in [6, 6.07) is 8.88. The zero-order valence-corrected chi connectivity index (χ0v) is 18.5. The van der Waals surface area contributed by atoms with Crippen molar-refractivity contribution in [1.82, 2.24) is 29.9 Å². The van der Waals surface area contributed by atoms with Gasteiger partial charge in [0.2, 0.25) is 0 Å². The van der Waals surface area contributed by atoms with Crippen LogP contribution in [0, 0.1) is 18.3 Å². The maximum atomic E-state index is 13.6. The highest BCUT2D eigenvalue weighted by molar-refractivity contribution is 5.95. The topological polar surface area (TPSA) is 117 Å². The van der Waals surface area contributed by atoms with Gasteiger partial charge >= 0.3 is 0 Å². The Morgan fingerprint density at radius 3 is 2.71 bits per heavy atom. The molecule has 1 saturated carbocycles. The van der Waals surface area contributed by atoms with Crippen LogP contribution < -0.4 is 10.6 Å². The van der Waals surface area contributed by atoms with Crippen molar-refractivity contribution in [3.05, 3.63) is 65.5 Å². The standard InChI is InChI=1S/C23H21F2N9/c1-13-16(4-3-7-28-13)20(18-11-34(33-32-18)23(5-6-23)22(24)25)31-15-8-14(10-26)19-17(9-15)21(27-2)30-12-29-19/h3-4,7-9,11-12,20,22,31H,5-6H2,1-2H3,(H,27,29,30)/t20-/m1/s1. The lowest BCUT2D eigenvalue weighted by atomic mass is 10.0. The Morgan fingerprint density at radius 2 is 2.03 bits per heavy atom. The number of pyridine rings is 1. The second-order valence-electron chi connectivity index (χ2n) is 8.25. The maximum Gasteiger partial charge on any atom is 0.263 e. The Balaban J connectivity index is 1.61. The van der Waals surface area contributed by atoms with Gasteiger partial charge in [-0.25, -0.2) is 23.4 Å². The zero-order valence-electron chi connectivity index (χ0n) is 18.5. The summed E-state index contributed by atoms with van der Waals surface area (Å²) in [5.74, 6) is 0.581. The first-order valence-electron chi connectivity index (χ1n) is 10.7. The first-order valence-corrected chi connectivity index (χ1v) is 10.7. The van der Waals surface area contributed by atoms with E-state index >= 15 is 0 Å². The van der Waals surface area contributed by atoms with E-state index in [4.69, 9.17) is 0 Å². The van der Waals surface area contributed by atoms with Crippen LogP contribution in [0.15, 0.2) is 43.0 Å².